The van der Waals surface area contributed by atoms with Crippen LogP contribution in [0.25, 0.3) is 0 Å². The Morgan fingerprint density at radius 3 is 2.24 bits per heavy atom. The predicted molar refractivity (Wildman–Crippen MR) is 171 cm³/mol. The molecule has 0 saturated carbocycles. The summed E-state index contributed by atoms with van der Waals surface area (Å²) in [5.41, 5.74) is 5.26. The number of hydrogen-bond acceptors (Lipinski definition) is 8. The molecule has 1 aromatic carbocycles. The fourth-order valence-electron chi connectivity index (χ4n) is 3.38. The lowest BCUT2D eigenvalue weighted by Gasteiger charge is -2.31. The molecule has 37 heavy (non-hydrogen) atoms. The van der Waals surface area contributed by atoms with Crippen LogP contribution in [-0.2, 0) is 6.42 Å². The molecule has 0 radical (unpaired) electrons. The fourth-order valence-corrected chi connectivity index (χ4v) is 4.37. The first-order chi connectivity index (χ1) is 17.3. The van der Waals surface area contributed by atoms with Crippen LogP contribution in [0, 0.1) is 12.3 Å². The Balaban J connectivity index is 0. The van der Waals surface area contributed by atoms with E-state index in [9.17, 15) is 10.3 Å². The molecule has 2 unspecified atom stereocenters. The highest BCUT2D eigenvalue weighted by molar-refractivity contribution is 8.68. The normalized spacial score (nSPS) is 15.8. The number of aliphatic hydroxyl groups is 1. The van der Waals surface area contributed by atoms with E-state index in [0.29, 0.717) is 13.1 Å². The molecule has 5 nitrogen and oxygen atoms in total. The van der Waals surface area contributed by atoms with Crippen molar-refractivity contribution in [2.24, 2.45) is 5.41 Å². The molecule has 1 aromatic rings. The van der Waals surface area contributed by atoms with Gasteiger partial charge in [-0.1, -0.05) is 69.6 Å². The van der Waals surface area contributed by atoms with E-state index < -0.39 is 11.6 Å². The number of hydroxylamine groups is 1. The minimum absolute atomic E-state index is 0.0490. The second-order valence-electron chi connectivity index (χ2n) is 10.6. The molecule has 2 atom stereocenters. The van der Waals surface area contributed by atoms with Crippen molar-refractivity contribution >= 4 is 35.1 Å². The van der Waals surface area contributed by atoms with Crippen molar-refractivity contribution in [2.45, 2.75) is 104 Å². The van der Waals surface area contributed by atoms with Gasteiger partial charge < -0.3 is 20.4 Å². The van der Waals surface area contributed by atoms with Gasteiger partial charge in [0.25, 0.3) is 0 Å². The van der Waals surface area contributed by atoms with Crippen molar-refractivity contribution in [3.8, 4) is 5.75 Å². The van der Waals surface area contributed by atoms with Crippen molar-refractivity contribution < 1.29 is 15.1 Å². The van der Waals surface area contributed by atoms with E-state index >= 15 is 0 Å². The van der Waals surface area contributed by atoms with E-state index in [-0.39, 0.29) is 11.5 Å². The third kappa shape index (κ3) is 15.5. The molecular weight excluding hydrogens is 521 g/mol. The number of hydrogen-bond donors (Lipinski definition) is 6. The van der Waals surface area contributed by atoms with E-state index in [4.69, 9.17) is 4.74 Å². The van der Waals surface area contributed by atoms with Gasteiger partial charge in [-0.3, -0.25) is 0 Å². The maximum Gasteiger partial charge on any atom is 0.126 e. The second kappa shape index (κ2) is 20.3. The van der Waals surface area contributed by atoms with Gasteiger partial charge in [-0.25, -0.2) is 0 Å². The summed E-state index contributed by atoms with van der Waals surface area (Å²) in [5, 5.41) is 23.4. The average Bonchev–Trinajstić information content (AvgIpc) is 2.84. The van der Waals surface area contributed by atoms with Crippen LogP contribution in [0.15, 0.2) is 41.3 Å². The monoisotopic (exact) mass is 574 g/mol. The topological polar surface area (TPSA) is 73.8 Å². The maximum absolute atomic E-state index is 10.7. The van der Waals surface area contributed by atoms with Gasteiger partial charge in [0.2, 0.25) is 0 Å². The van der Waals surface area contributed by atoms with Gasteiger partial charge in [0, 0.05) is 18.0 Å². The summed E-state index contributed by atoms with van der Waals surface area (Å²) in [6.45, 7) is 22.9. The Bertz CT molecular complexity index is 793. The van der Waals surface area contributed by atoms with Crippen LogP contribution in [0.4, 0.5) is 0 Å². The van der Waals surface area contributed by atoms with Gasteiger partial charge in [0.05, 0.1) is 5.54 Å². The summed E-state index contributed by atoms with van der Waals surface area (Å²) in [6, 6.07) is 4.19. The average molecular weight is 575 g/mol. The van der Waals surface area contributed by atoms with Gasteiger partial charge >= 0.3 is 0 Å². The van der Waals surface area contributed by atoms with Crippen LogP contribution in [0.1, 0.15) is 79.4 Å². The lowest BCUT2D eigenvalue weighted by Crippen LogP contribution is -2.43. The van der Waals surface area contributed by atoms with Crippen molar-refractivity contribution in [1.29, 1.82) is 0 Å². The molecule has 2 rings (SSSR count). The number of aliphatic hydroxyl groups excluding tert-OH is 1. The molecule has 0 fully saturated rings. The molecule has 4 N–H and O–H groups in total. The van der Waals surface area contributed by atoms with E-state index in [2.05, 4.69) is 82.4 Å². The van der Waals surface area contributed by atoms with Gasteiger partial charge in [0.1, 0.15) is 18.0 Å². The first-order valence-electron chi connectivity index (χ1n) is 13.0. The van der Waals surface area contributed by atoms with Gasteiger partial charge in [0.15, 0.2) is 0 Å². The molecule has 8 heteroatoms. The zero-order valence-corrected chi connectivity index (χ0v) is 27.4. The largest absolute Gasteiger partial charge is 0.487 e. The molecule has 1 heterocycles. The minimum Gasteiger partial charge on any atom is -0.487 e. The van der Waals surface area contributed by atoms with E-state index in [1.165, 1.54) is 28.4 Å². The summed E-state index contributed by atoms with van der Waals surface area (Å²) in [6.07, 6.45) is 7.61. The SMILES string of the molecule is C=CC.CCC.CS.Cc1cc2c(cc1SS)CCC(C(O)CNC/C(=C/C(C)(C)NO)C(C)(C)C)O2. The third-order valence-electron chi connectivity index (χ3n) is 5.32. The summed E-state index contributed by atoms with van der Waals surface area (Å²) in [4.78, 5) is 1.15. The molecule has 0 saturated heterocycles. The molecule has 0 spiro atoms. The predicted octanol–water partition coefficient (Wildman–Crippen LogP) is 7.46. The number of rotatable bonds is 8. The summed E-state index contributed by atoms with van der Waals surface area (Å²) >= 11 is 7.84. The highest BCUT2D eigenvalue weighted by Gasteiger charge is 2.28. The summed E-state index contributed by atoms with van der Waals surface area (Å²) < 4.78 is 6.11. The number of nitrogens with one attached hydrogen (secondary N) is 2. The number of benzene rings is 1. The van der Waals surface area contributed by atoms with Crippen molar-refractivity contribution in [3.63, 3.8) is 0 Å². The molecule has 0 aliphatic carbocycles. The second-order valence-corrected chi connectivity index (χ2v) is 11.7. The number of thiol groups is 2. The van der Waals surface area contributed by atoms with Gasteiger partial charge in [-0.15, -0.1) is 18.2 Å². The lowest BCUT2D eigenvalue weighted by atomic mass is 9.83. The zero-order valence-electron chi connectivity index (χ0n) is 24.8. The maximum atomic E-state index is 10.7. The first-order valence-corrected chi connectivity index (χ1v) is 15.7. The number of ether oxygens (including phenoxy) is 1. The fraction of sp³-hybridized carbons (Fsp3) is 0.655. The van der Waals surface area contributed by atoms with Gasteiger partial charge in [-0.05, 0) is 75.5 Å². The number of aryl methyl sites for hydroxylation is 2. The highest BCUT2D eigenvalue weighted by Crippen LogP contribution is 2.36. The first kappa shape index (κ1) is 38.5. The summed E-state index contributed by atoms with van der Waals surface area (Å²) in [7, 11) is 1.45. The molecule has 0 bridgehead atoms. The molecule has 0 amide bonds. The van der Waals surface area contributed by atoms with Crippen molar-refractivity contribution in [2.75, 3.05) is 19.3 Å². The minimum atomic E-state index is -0.590. The third-order valence-corrected chi connectivity index (χ3v) is 6.54. The van der Waals surface area contributed by atoms with Gasteiger partial charge in [-0.2, -0.15) is 18.1 Å². The number of fused-ring (bicyclic) bond motifs is 1. The molecule has 216 valence electrons. The van der Waals surface area contributed by atoms with E-state index in [1.54, 1.807) is 12.3 Å². The van der Waals surface area contributed by atoms with Crippen molar-refractivity contribution in [1.82, 2.24) is 10.8 Å². The molecule has 1 aliphatic heterocycles. The lowest BCUT2D eigenvalue weighted by molar-refractivity contribution is 0.0247. The van der Waals surface area contributed by atoms with Crippen molar-refractivity contribution in [3.05, 3.63) is 47.6 Å². The Morgan fingerprint density at radius 1 is 1.24 bits per heavy atom. The smallest absolute Gasteiger partial charge is 0.126 e. The van der Waals surface area contributed by atoms with Crippen LogP contribution >= 0.6 is 35.1 Å². The Hall–Kier alpha value is -0.610. The molecular formula is C29H54N2O3S3. The number of allylic oxidation sites excluding steroid dienone is 1. The quantitative estimate of drug-likeness (QED) is 0.0838. The van der Waals surface area contributed by atoms with Crippen LogP contribution in [-0.4, -0.2) is 47.4 Å². The molecule has 0 aromatic heterocycles. The van der Waals surface area contributed by atoms with E-state index in [0.717, 1.165) is 29.1 Å². The van der Waals surface area contributed by atoms with Crippen LogP contribution in [0.2, 0.25) is 0 Å². The Morgan fingerprint density at radius 2 is 1.78 bits per heavy atom. The zero-order chi connectivity index (χ0) is 29.2. The summed E-state index contributed by atoms with van der Waals surface area (Å²) in [5.74, 6) is 0.870. The Labute approximate surface area is 242 Å². The standard InChI is InChI=1S/C22H36N2O3S2.C3H8.C3H6.CH4S/c1-14-9-19-15(10-20(14)29-28)7-8-18(27-19)17(25)13-23-12-16(21(2,3)4)11-22(5,6)24-26;2*1-3-2;1-2/h9-11,17-18,23-26,28H,7-8,12-13H2,1-6H3;3H2,1-2H3;3H,1H2,2H3;2H,1H3/b16-11-;;;. The Kier molecular flexibility index (Phi) is 21.2. The highest BCUT2D eigenvalue weighted by atomic mass is 33.1. The van der Waals surface area contributed by atoms with Crippen LogP contribution in [0.5, 0.6) is 5.75 Å². The van der Waals surface area contributed by atoms with Crippen LogP contribution in [0.3, 0.4) is 0 Å². The van der Waals surface area contributed by atoms with Crippen LogP contribution < -0.4 is 15.5 Å². The molecule has 1 aliphatic rings. The van der Waals surface area contributed by atoms with E-state index in [1.807, 2.05) is 39.8 Å².